The Kier molecular flexibility index (Phi) is 9.66. The molecule has 1 aliphatic heterocycles. The van der Waals surface area contributed by atoms with E-state index in [4.69, 9.17) is 0 Å². The second-order valence-corrected chi connectivity index (χ2v) is 6.22. The van der Waals surface area contributed by atoms with Crippen LogP contribution in [0.15, 0.2) is 60.7 Å². The SMILES string of the molecule is CC(C(=O)NC(c1ccccc1)c1ccccc1)N1CCNCC1.Cl.Cl. The van der Waals surface area contributed by atoms with Crippen molar-refractivity contribution in [2.24, 2.45) is 0 Å². The summed E-state index contributed by atoms with van der Waals surface area (Å²) in [5.41, 5.74) is 2.20. The molecule has 4 nitrogen and oxygen atoms in total. The highest BCUT2D eigenvalue weighted by Gasteiger charge is 2.25. The highest BCUT2D eigenvalue weighted by molar-refractivity contribution is 5.85. The Hall–Kier alpha value is -1.59. The molecule has 1 unspecified atom stereocenters. The summed E-state index contributed by atoms with van der Waals surface area (Å²) in [6.07, 6.45) is 0. The molecule has 0 radical (unpaired) electrons. The van der Waals surface area contributed by atoms with E-state index in [2.05, 4.69) is 39.8 Å². The van der Waals surface area contributed by atoms with Crippen molar-refractivity contribution < 1.29 is 4.79 Å². The van der Waals surface area contributed by atoms with Crippen LogP contribution in [0.2, 0.25) is 0 Å². The van der Waals surface area contributed by atoms with Crippen LogP contribution in [0, 0.1) is 0 Å². The lowest BCUT2D eigenvalue weighted by Gasteiger charge is -2.33. The molecular formula is C20H27Cl2N3O. The van der Waals surface area contributed by atoms with Gasteiger partial charge in [-0.1, -0.05) is 60.7 Å². The van der Waals surface area contributed by atoms with Gasteiger partial charge in [-0.15, -0.1) is 24.8 Å². The summed E-state index contributed by atoms with van der Waals surface area (Å²) in [7, 11) is 0. The maximum absolute atomic E-state index is 12.8. The van der Waals surface area contributed by atoms with Crippen molar-refractivity contribution in [3.05, 3.63) is 71.8 Å². The van der Waals surface area contributed by atoms with Crippen molar-refractivity contribution in [3.8, 4) is 0 Å². The summed E-state index contributed by atoms with van der Waals surface area (Å²) in [5.74, 6) is 0.0783. The number of halogens is 2. The molecule has 2 aromatic carbocycles. The summed E-state index contributed by atoms with van der Waals surface area (Å²) < 4.78 is 0. The molecule has 1 heterocycles. The van der Waals surface area contributed by atoms with Gasteiger partial charge in [-0.3, -0.25) is 9.69 Å². The van der Waals surface area contributed by atoms with Crippen molar-refractivity contribution in [2.45, 2.75) is 19.0 Å². The number of nitrogens with zero attached hydrogens (tertiary/aromatic N) is 1. The first-order valence-electron chi connectivity index (χ1n) is 8.61. The molecule has 0 spiro atoms. The Morgan fingerprint density at radius 2 is 1.38 bits per heavy atom. The number of benzene rings is 2. The largest absolute Gasteiger partial charge is 0.344 e. The molecule has 0 saturated carbocycles. The molecule has 142 valence electrons. The normalized spacial score (nSPS) is 15.5. The Labute approximate surface area is 168 Å². The van der Waals surface area contributed by atoms with E-state index in [1.165, 1.54) is 0 Å². The zero-order valence-corrected chi connectivity index (χ0v) is 16.6. The average molecular weight is 396 g/mol. The van der Waals surface area contributed by atoms with Crippen molar-refractivity contribution in [1.29, 1.82) is 0 Å². The first-order chi connectivity index (χ1) is 11.8. The molecule has 1 aliphatic rings. The predicted molar refractivity (Wildman–Crippen MR) is 111 cm³/mol. The van der Waals surface area contributed by atoms with E-state index in [1.54, 1.807) is 0 Å². The molecule has 0 aliphatic carbocycles. The van der Waals surface area contributed by atoms with Gasteiger partial charge in [0.05, 0.1) is 12.1 Å². The van der Waals surface area contributed by atoms with Crippen LogP contribution in [-0.2, 0) is 4.79 Å². The lowest BCUT2D eigenvalue weighted by molar-refractivity contribution is -0.126. The number of hydrogen-bond acceptors (Lipinski definition) is 3. The van der Waals surface area contributed by atoms with Crippen molar-refractivity contribution in [3.63, 3.8) is 0 Å². The quantitative estimate of drug-likeness (QED) is 0.817. The van der Waals surface area contributed by atoms with Gasteiger partial charge in [0, 0.05) is 26.2 Å². The summed E-state index contributed by atoms with van der Waals surface area (Å²) in [6.45, 7) is 5.70. The second kappa shape index (κ2) is 11.2. The van der Waals surface area contributed by atoms with Crippen LogP contribution in [0.3, 0.4) is 0 Å². The van der Waals surface area contributed by atoms with Gasteiger partial charge in [-0.2, -0.15) is 0 Å². The maximum Gasteiger partial charge on any atom is 0.237 e. The van der Waals surface area contributed by atoms with Gasteiger partial charge in [-0.05, 0) is 18.1 Å². The van der Waals surface area contributed by atoms with Gasteiger partial charge in [0.15, 0.2) is 0 Å². The highest BCUT2D eigenvalue weighted by Crippen LogP contribution is 2.22. The molecule has 0 bridgehead atoms. The Balaban J connectivity index is 0.00000169. The van der Waals surface area contributed by atoms with E-state index in [-0.39, 0.29) is 42.8 Å². The summed E-state index contributed by atoms with van der Waals surface area (Å²) >= 11 is 0. The van der Waals surface area contributed by atoms with Crippen LogP contribution in [0.1, 0.15) is 24.1 Å². The minimum absolute atomic E-state index is 0. The fourth-order valence-corrected chi connectivity index (χ4v) is 3.15. The average Bonchev–Trinajstić information content (AvgIpc) is 2.67. The smallest absolute Gasteiger partial charge is 0.237 e. The van der Waals surface area contributed by atoms with E-state index in [0.717, 1.165) is 37.3 Å². The van der Waals surface area contributed by atoms with Crippen LogP contribution in [-0.4, -0.2) is 43.0 Å². The molecular weight excluding hydrogens is 369 g/mol. The zero-order chi connectivity index (χ0) is 16.8. The molecule has 26 heavy (non-hydrogen) atoms. The van der Waals surface area contributed by atoms with E-state index >= 15 is 0 Å². The number of hydrogen-bond donors (Lipinski definition) is 2. The molecule has 1 atom stereocenters. The van der Waals surface area contributed by atoms with Crippen molar-refractivity contribution >= 4 is 30.7 Å². The van der Waals surface area contributed by atoms with Crippen molar-refractivity contribution in [2.75, 3.05) is 26.2 Å². The Bertz CT molecular complexity index is 609. The van der Waals surface area contributed by atoms with Crippen molar-refractivity contribution in [1.82, 2.24) is 15.5 Å². The molecule has 1 fully saturated rings. The third-order valence-electron chi connectivity index (χ3n) is 4.63. The lowest BCUT2D eigenvalue weighted by atomic mass is 9.98. The van der Waals surface area contributed by atoms with Crippen LogP contribution in [0.5, 0.6) is 0 Å². The topological polar surface area (TPSA) is 44.4 Å². The summed E-state index contributed by atoms with van der Waals surface area (Å²) in [5, 5.41) is 6.57. The first kappa shape index (κ1) is 22.5. The van der Waals surface area contributed by atoms with Gasteiger partial charge < -0.3 is 10.6 Å². The lowest BCUT2D eigenvalue weighted by Crippen LogP contribution is -2.53. The highest BCUT2D eigenvalue weighted by atomic mass is 35.5. The minimum Gasteiger partial charge on any atom is -0.344 e. The monoisotopic (exact) mass is 395 g/mol. The predicted octanol–water partition coefficient (Wildman–Crippen LogP) is 3.03. The fourth-order valence-electron chi connectivity index (χ4n) is 3.15. The molecule has 0 aromatic heterocycles. The maximum atomic E-state index is 12.8. The number of rotatable bonds is 5. The zero-order valence-electron chi connectivity index (χ0n) is 14.9. The third kappa shape index (κ3) is 5.71. The van der Waals surface area contributed by atoms with E-state index in [9.17, 15) is 4.79 Å². The molecule has 1 saturated heterocycles. The van der Waals surface area contributed by atoms with Gasteiger partial charge in [0.2, 0.25) is 5.91 Å². The number of amides is 1. The fraction of sp³-hybridized carbons (Fsp3) is 0.350. The van der Waals surface area contributed by atoms with E-state index in [0.29, 0.717) is 0 Å². The number of nitrogens with one attached hydrogen (secondary N) is 2. The van der Waals surface area contributed by atoms with E-state index in [1.807, 2.05) is 43.3 Å². The number of piperazine rings is 1. The summed E-state index contributed by atoms with van der Waals surface area (Å²) in [6, 6.07) is 20.0. The standard InChI is InChI=1S/C20H25N3O.2ClH/c1-16(23-14-12-21-13-15-23)20(24)22-19(17-8-4-2-5-9-17)18-10-6-3-7-11-18;;/h2-11,16,19,21H,12-15H2,1H3,(H,22,24);2*1H. The molecule has 1 amide bonds. The Morgan fingerprint density at radius 3 is 1.85 bits per heavy atom. The minimum atomic E-state index is -0.123. The molecule has 6 heteroatoms. The van der Waals surface area contributed by atoms with Crippen LogP contribution >= 0.6 is 24.8 Å². The van der Waals surface area contributed by atoms with Gasteiger partial charge >= 0.3 is 0 Å². The molecule has 2 N–H and O–H groups in total. The molecule has 2 aromatic rings. The summed E-state index contributed by atoms with van der Waals surface area (Å²) in [4.78, 5) is 15.1. The van der Waals surface area contributed by atoms with Crippen LogP contribution in [0.4, 0.5) is 0 Å². The van der Waals surface area contributed by atoms with Crippen LogP contribution < -0.4 is 10.6 Å². The third-order valence-corrected chi connectivity index (χ3v) is 4.63. The number of carbonyl (C=O) groups is 1. The van der Waals surface area contributed by atoms with Gasteiger partial charge in [0.1, 0.15) is 0 Å². The molecule has 3 rings (SSSR count). The van der Waals surface area contributed by atoms with E-state index < -0.39 is 0 Å². The van der Waals surface area contributed by atoms with Gasteiger partial charge in [0.25, 0.3) is 0 Å². The first-order valence-corrected chi connectivity index (χ1v) is 8.61. The van der Waals surface area contributed by atoms with Gasteiger partial charge in [-0.25, -0.2) is 0 Å². The Morgan fingerprint density at radius 1 is 0.923 bits per heavy atom. The number of carbonyl (C=O) groups excluding carboxylic acids is 1. The second-order valence-electron chi connectivity index (χ2n) is 6.22. The van der Waals surface area contributed by atoms with Crippen LogP contribution in [0.25, 0.3) is 0 Å².